The maximum atomic E-state index is 10.8. The summed E-state index contributed by atoms with van der Waals surface area (Å²) in [5, 5.41) is 14.1. The van der Waals surface area contributed by atoms with Crippen molar-refractivity contribution in [2.75, 3.05) is 7.05 Å². The van der Waals surface area contributed by atoms with Gasteiger partial charge in [-0.1, -0.05) is 18.2 Å². The Labute approximate surface area is 116 Å². The fourth-order valence-electron chi connectivity index (χ4n) is 3.74. The molecule has 2 aliphatic carbocycles. The van der Waals surface area contributed by atoms with Gasteiger partial charge < -0.3 is 10.4 Å². The van der Waals surface area contributed by atoms with E-state index in [1.165, 1.54) is 36.0 Å². The van der Waals surface area contributed by atoms with Crippen molar-refractivity contribution in [3.05, 3.63) is 34.9 Å². The number of hydrogen-bond donors (Lipinski definition) is 2. The zero-order chi connectivity index (χ0) is 13.3. The molecule has 0 radical (unpaired) electrons. The molecule has 0 spiro atoms. The van der Waals surface area contributed by atoms with Gasteiger partial charge in [0, 0.05) is 12.5 Å². The van der Waals surface area contributed by atoms with Crippen molar-refractivity contribution in [3.63, 3.8) is 0 Å². The number of hydrogen-bond acceptors (Lipinski definition) is 2. The summed E-state index contributed by atoms with van der Waals surface area (Å²) in [6.07, 6.45) is 8.64. The van der Waals surface area contributed by atoms with Crippen LogP contribution in [-0.2, 0) is 19.3 Å². The largest absolute Gasteiger partial charge is 0.390 e. The Morgan fingerprint density at radius 3 is 2.68 bits per heavy atom. The minimum absolute atomic E-state index is 0.472. The Kier molecular flexibility index (Phi) is 3.64. The Morgan fingerprint density at radius 2 is 1.95 bits per heavy atom. The highest BCUT2D eigenvalue weighted by Gasteiger charge is 2.32. The van der Waals surface area contributed by atoms with Crippen molar-refractivity contribution >= 4 is 0 Å². The molecule has 3 rings (SSSR count). The fourth-order valence-corrected chi connectivity index (χ4v) is 3.74. The van der Waals surface area contributed by atoms with Crippen LogP contribution in [0.1, 0.15) is 48.8 Å². The SMILES string of the molecule is CNC1CCC(O)(Cc2ccc3c(c2)CCC3)CC1. The molecule has 0 aromatic heterocycles. The topological polar surface area (TPSA) is 32.3 Å². The number of fused-ring (bicyclic) bond motifs is 1. The molecule has 104 valence electrons. The third kappa shape index (κ3) is 2.85. The molecule has 2 aliphatic rings. The van der Waals surface area contributed by atoms with E-state index in [1.54, 1.807) is 0 Å². The van der Waals surface area contributed by atoms with Gasteiger partial charge >= 0.3 is 0 Å². The van der Waals surface area contributed by atoms with Gasteiger partial charge in [0.15, 0.2) is 0 Å². The summed E-state index contributed by atoms with van der Waals surface area (Å²) >= 11 is 0. The zero-order valence-corrected chi connectivity index (χ0v) is 11.9. The van der Waals surface area contributed by atoms with Crippen LogP contribution in [-0.4, -0.2) is 23.8 Å². The molecule has 0 heterocycles. The maximum absolute atomic E-state index is 10.8. The molecule has 1 saturated carbocycles. The molecule has 2 N–H and O–H groups in total. The second-order valence-electron chi connectivity index (χ2n) is 6.42. The van der Waals surface area contributed by atoms with E-state index >= 15 is 0 Å². The first-order valence-electron chi connectivity index (χ1n) is 7.69. The van der Waals surface area contributed by atoms with E-state index < -0.39 is 5.60 Å². The van der Waals surface area contributed by atoms with E-state index in [9.17, 15) is 5.11 Å². The fraction of sp³-hybridized carbons (Fsp3) is 0.647. The minimum atomic E-state index is -0.472. The van der Waals surface area contributed by atoms with Crippen molar-refractivity contribution in [2.45, 2.75) is 63.0 Å². The van der Waals surface area contributed by atoms with Crippen molar-refractivity contribution in [1.29, 1.82) is 0 Å². The van der Waals surface area contributed by atoms with E-state index in [0.29, 0.717) is 6.04 Å². The molecular weight excluding hydrogens is 234 g/mol. The molecule has 0 aliphatic heterocycles. The molecule has 19 heavy (non-hydrogen) atoms. The summed E-state index contributed by atoms with van der Waals surface area (Å²) in [6.45, 7) is 0. The number of aliphatic hydroxyl groups is 1. The quantitative estimate of drug-likeness (QED) is 0.874. The first-order chi connectivity index (χ1) is 9.18. The number of benzene rings is 1. The summed E-state index contributed by atoms with van der Waals surface area (Å²) in [5.41, 5.74) is 3.89. The molecule has 0 bridgehead atoms. The lowest BCUT2D eigenvalue weighted by molar-refractivity contribution is -0.00243. The van der Waals surface area contributed by atoms with Gasteiger partial charge in [0.25, 0.3) is 0 Å². The predicted octanol–water partition coefficient (Wildman–Crippen LogP) is 2.61. The van der Waals surface area contributed by atoms with Crippen molar-refractivity contribution in [1.82, 2.24) is 5.32 Å². The monoisotopic (exact) mass is 259 g/mol. The predicted molar refractivity (Wildman–Crippen MR) is 78.4 cm³/mol. The number of aryl methyl sites for hydroxylation is 2. The third-order valence-electron chi connectivity index (χ3n) is 5.02. The molecule has 0 unspecified atom stereocenters. The first-order valence-corrected chi connectivity index (χ1v) is 7.69. The number of rotatable bonds is 3. The maximum Gasteiger partial charge on any atom is 0.0689 e. The van der Waals surface area contributed by atoms with Crippen LogP contribution in [0, 0.1) is 0 Å². The molecular formula is C17H25NO. The summed E-state index contributed by atoms with van der Waals surface area (Å²) in [6, 6.07) is 7.44. The average Bonchev–Trinajstić information content (AvgIpc) is 2.87. The highest BCUT2D eigenvalue weighted by atomic mass is 16.3. The van der Waals surface area contributed by atoms with Gasteiger partial charge in [0.2, 0.25) is 0 Å². The Hall–Kier alpha value is -0.860. The summed E-state index contributed by atoms with van der Waals surface area (Å²) in [4.78, 5) is 0. The molecule has 2 nitrogen and oxygen atoms in total. The molecule has 0 saturated heterocycles. The van der Waals surface area contributed by atoms with Crippen LogP contribution >= 0.6 is 0 Å². The van der Waals surface area contributed by atoms with Crippen LogP contribution in [0.5, 0.6) is 0 Å². The third-order valence-corrected chi connectivity index (χ3v) is 5.02. The minimum Gasteiger partial charge on any atom is -0.390 e. The van der Waals surface area contributed by atoms with Crippen LogP contribution < -0.4 is 5.32 Å². The number of nitrogens with one attached hydrogen (secondary N) is 1. The van der Waals surface area contributed by atoms with Crippen LogP contribution in [0.15, 0.2) is 18.2 Å². The van der Waals surface area contributed by atoms with Gasteiger partial charge in [-0.15, -0.1) is 0 Å². The van der Waals surface area contributed by atoms with E-state index in [2.05, 4.69) is 23.5 Å². The molecule has 0 atom stereocenters. The highest BCUT2D eigenvalue weighted by Crippen LogP contribution is 2.32. The van der Waals surface area contributed by atoms with Crippen LogP contribution in [0.4, 0.5) is 0 Å². The normalized spacial score (nSPS) is 30.3. The average molecular weight is 259 g/mol. The van der Waals surface area contributed by atoms with Crippen molar-refractivity contribution in [2.24, 2.45) is 0 Å². The molecule has 0 amide bonds. The van der Waals surface area contributed by atoms with Gasteiger partial charge in [-0.25, -0.2) is 0 Å². The molecule has 1 aromatic carbocycles. The standard InChI is InChI=1S/C17H25NO/c1-18-16-7-9-17(19,10-8-16)12-13-5-6-14-3-2-4-15(14)11-13/h5-6,11,16,18-19H,2-4,7-10,12H2,1H3. The first kappa shape index (κ1) is 13.1. The zero-order valence-electron chi connectivity index (χ0n) is 11.9. The Morgan fingerprint density at radius 1 is 1.21 bits per heavy atom. The van der Waals surface area contributed by atoms with Crippen molar-refractivity contribution < 1.29 is 5.11 Å². The smallest absolute Gasteiger partial charge is 0.0689 e. The van der Waals surface area contributed by atoms with Gasteiger partial charge in [0.05, 0.1) is 5.60 Å². The van der Waals surface area contributed by atoms with Gasteiger partial charge in [-0.05, 0) is 68.7 Å². The lowest BCUT2D eigenvalue weighted by Crippen LogP contribution is -2.41. The highest BCUT2D eigenvalue weighted by molar-refractivity contribution is 5.35. The van der Waals surface area contributed by atoms with Gasteiger partial charge in [0.1, 0.15) is 0 Å². The van der Waals surface area contributed by atoms with Gasteiger partial charge in [-0.3, -0.25) is 0 Å². The van der Waals surface area contributed by atoms with E-state index in [4.69, 9.17) is 0 Å². The van der Waals surface area contributed by atoms with Crippen molar-refractivity contribution in [3.8, 4) is 0 Å². The van der Waals surface area contributed by atoms with E-state index in [-0.39, 0.29) is 0 Å². The van der Waals surface area contributed by atoms with E-state index in [1.807, 2.05) is 7.05 Å². The second-order valence-corrected chi connectivity index (χ2v) is 6.42. The molecule has 1 aromatic rings. The summed E-state index contributed by atoms with van der Waals surface area (Å²) in [5.74, 6) is 0. The van der Waals surface area contributed by atoms with Gasteiger partial charge in [-0.2, -0.15) is 0 Å². The Balaban J connectivity index is 1.68. The Bertz CT molecular complexity index is 447. The van der Waals surface area contributed by atoms with E-state index in [0.717, 1.165) is 32.1 Å². The van der Waals surface area contributed by atoms with Crippen LogP contribution in [0.2, 0.25) is 0 Å². The molecule has 1 fully saturated rings. The summed E-state index contributed by atoms with van der Waals surface area (Å²) in [7, 11) is 2.02. The summed E-state index contributed by atoms with van der Waals surface area (Å²) < 4.78 is 0. The second kappa shape index (κ2) is 5.26. The lowest BCUT2D eigenvalue weighted by atomic mass is 9.78. The van der Waals surface area contributed by atoms with Crippen LogP contribution in [0.25, 0.3) is 0 Å². The molecule has 2 heteroatoms. The lowest BCUT2D eigenvalue weighted by Gasteiger charge is -2.36. The van der Waals surface area contributed by atoms with Crippen LogP contribution in [0.3, 0.4) is 0 Å².